The summed E-state index contributed by atoms with van der Waals surface area (Å²) in [5.74, 6) is 0.242. The van der Waals surface area contributed by atoms with Gasteiger partial charge in [-0.3, -0.25) is 4.79 Å². The zero-order chi connectivity index (χ0) is 17.6. The lowest BCUT2D eigenvalue weighted by Crippen LogP contribution is -2.43. The summed E-state index contributed by atoms with van der Waals surface area (Å²) < 4.78 is 18.3. The van der Waals surface area contributed by atoms with Gasteiger partial charge in [0.1, 0.15) is 11.6 Å². The van der Waals surface area contributed by atoms with Crippen molar-refractivity contribution in [3.05, 3.63) is 59.9 Å². The SMILES string of the molecule is CC(C)(C)NC(=O)COc1ccc(CNc2ccc(F)cc2)cc1. The zero-order valence-electron chi connectivity index (χ0n) is 14.2. The summed E-state index contributed by atoms with van der Waals surface area (Å²) in [6.45, 7) is 6.39. The van der Waals surface area contributed by atoms with E-state index in [2.05, 4.69) is 10.6 Å². The second kappa shape index (κ2) is 7.81. The van der Waals surface area contributed by atoms with E-state index in [0.29, 0.717) is 12.3 Å². The Bertz CT molecular complexity index is 661. The number of amides is 1. The molecular formula is C19H23FN2O2. The smallest absolute Gasteiger partial charge is 0.258 e. The Morgan fingerprint density at radius 2 is 1.67 bits per heavy atom. The minimum Gasteiger partial charge on any atom is -0.484 e. The summed E-state index contributed by atoms with van der Waals surface area (Å²) in [5, 5.41) is 6.05. The van der Waals surface area contributed by atoms with Crippen LogP contribution < -0.4 is 15.4 Å². The Labute approximate surface area is 142 Å². The first-order valence-corrected chi connectivity index (χ1v) is 7.84. The van der Waals surface area contributed by atoms with Gasteiger partial charge in [-0.1, -0.05) is 12.1 Å². The average Bonchev–Trinajstić information content (AvgIpc) is 2.52. The first kappa shape index (κ1) is 17.8. The van der Waals surface area contributed by atoms with Gasteiger partial charge in [-0.25, -0.2) is 4.39 Å². The van der Waals surface area contributed by atoms with E-state index >= 15 is 0 Å². The maximum Gasteiger partial charge on any atom is 0.258 e. The third-order valence-electron chi connectivity index (χ3n) is 3.15. The molecule has 0 aliphatic rings. The lowest BCUT2D eigenvalue weighted by Gasteiger charge is -2.20. The normalized spacial score (nSPS) is 11.0. The monoisotopic (exact) mass is 330 g/mol. The summed E-state index contributed by atoms with van der Waals surface area (Å²) in [7, 11) is 0. The first-order chi connectivity index (χ1) is 11.3. The van der Waals surface area contributed by atoms with Gasteiger partial charge in [-0.2, -0.15) is 0 Å². The first-order valence-electron chi connectivity index (χ1n) is 7.84. The van der Waals surface area contributed by atoms with Crippen LogP contribution >= 0.6 is 0 Å². The van der Waals surface area contributed by atoms with Crippen LogP contribution in [0, 0.1) is 5.82 Å². The van der Waals surface area contributed by atoms with Gasteiger partial charge in [-0.05, 0) is 62.7 Å². The maximum absolute atomic E-state index is 12.8. The number of carbonyl (C=O) groups excluding carboxylic acids is 1. The lowest BCUT2D eigenvalue weighted by atomic mass is 10.1. The standard InChI is InChI=1S/C19H23FN2O2/c1-19(2,3)22-18(23)13-24-17-10-4-14(5-11-17)12-21-16-8-6-15(20)7-9-16/h4-11,21H,12-13H2,1-3H3,(H,22,23). The molecular weight excluding hydrogens is 307 g/mol. The van der Waals surface area contributed by atoms with Crippen molar-refractivity contribution in [1.29, 1.82) is 0 Å². The van der Waals surface area contributed by atoms with Crippen LogP contribution in [0.2, 0.25) is 0 Å². The van der Waals surface area contributed by atoms with Crippen LogP contribution in [-0.4, -0.2) is 18.1 Å². The molecule has 0 bridgehead atoms. The minimum absolute atomic E-state index is 0.00948. The largest absolute Gasteiger partial charge is 0.484 e. The molecule has 0 radical (unpaired) electrons. The van der Waals surface area contributed by atoms with E-state index in [1.165, 1.54) is 12.1 Å². The molecule has 0 aliphatic carbocycles. The molecule has 0 fully saturated rings. The topological polar surface area (TPSA) is 50.4 Å². The fourth-order valence-corrected chi connectivity index (χ4v) is 2.08. The number of carbonyl (C=O) groups is 1. The maximum atomic E-state index is 12.8. The van der Waals surface area contributed by atoms with Crippen LogP contribution in [0.3, 0.4) is 0 Å². The van der Waals surface area contributed by atoms with Crippen molar-refractivity contribution in [3.8, 4) is 5.75 Å². The van der Waals surface area contributed by atoms with Crippen molar-refractivity contribution in [2.75, 3.05) is 11.9 Å². The number of halogens is 1. The Hall–Kier alpha value is -2.56. The van der Waals surface area contributed by atoms with Gasteiger partial charge in [0.2, 0.25) is 0 Å². The van der Waals surface area contributed by atoms with E-state index in [-0.39, 0.29) is 23.9 Å². The Morgan fingerprint density at radius 3 is 2.25 bits per heavy atom. The molecule has 0 saturated heterocycles. The van der Waals surface area contributed by atoms with Crippen LogP contribution in [0.1, 0.15) is 26.3 Å². The highest BCUT2D eigenvalue weighted by Crippen LogP contribution is 2.14. The molecule has 0 unspecified atom stereocenters. The van der Waals surface area contributed by atoms with Crippen molar-refractivity contribution in [2.45, 2.75) is 32.9 Å². The molecule has 0 heterocycles. The second-order valence-corrected chi connectivity index (χ2v) is 6.59. The summed E-state index contributed by atoms with van der Waals surface area (Å²) in [5.41, 5.74) is 1.65. The van der Waals surface area contributed by atoms with Crippen molar-refractivity contribution < 1.29 is 13.9 Å². The molecule has 5 heteroatoms. The number of hydrogen-bond donors (Lipinski definition) is 2. The van der Waals surface area contributed by atoms with Gasteiger partial charge in [0.15, 0.2) is 6.61 Å². The number of benzene rings is 2. The molecule has 0 saturated carbocycles. The Balaban J connectivity index is 1.80. The van der Waals surface area contributed by atoms with E-state index < -0.39 is 0 Å². The minimum atomic E-state index is -0.268. The van der Waals surface area contributed by atoms with Gasteiger partial charge in [-0.15, -0.1) is 0 Å². The molecule has 2 rings (SSSR count). The summed E-state index contributed by atoms with van der Waals surface area (Å²) in [4.78, 5) is 11.7. The molecule has 128 valence electrons. The highest BCUT2D eigenvalue weighted by atomic mass is 19.1. The van der Waals surface area contributed by atoms with E-state index in [4.69, 9.17) is 4.74 Å². The van der Waals surface area contributed by atoms with Gasteiger partial charge >= 0.3 is 0 Å². The zero-order valence-corrected chi connectivity index (χ0v) is 14.2. The summed E-state index contributed by atoms with van der Waals surface area (Å²) in [6, 6.07) is 13.7. The molecule has 2 aromatic rings. The molecule has 2 aromatic carbocycles. The Morgan fingerprint density at radius 1 is 1.04 bits per heavy atom. The van der Waals surface area contributed by atoms with Crippen molar-refractivity contribution >= 4 is 11.6 Å². The number of nitrogens with one attached hydrogen (secondary N) is 2. The lowest BCUT2D eigenvalue weighted by molar-refractivity contribution is -0.124. The van der Waals surface area contributed by atoms with E-state index in [1.54, 1.807) is 12.1 Å². The van der Waals surface area contributed by atoms with Gasteiger partial charge in [0.05, 0.1) is 0 Å². The highest BCUT2D eigenvalue weighted by molar-refractivity contribution is 5.78. The summed E-state index contributed by atoms with van der Waals surface area (Å²) in [6.07, 6.45) is 0. The number of ether oxygens (including phenoxy) is 1. The molecule has 0 spiro atoms. The molecule has 2 N–H and O–H groups in total. The van der Waals surface area contributed by atoms with Crippen LogP contribution in [0.15, 0.2) is 48.5 Å². The predicted molar refractivity (Wildman–Crippen MR) is 93.6 cm³/mol. The fraction of sp³-hybridized carbons (Fsp3) is 0.316. The molecule has 4 nitrogen and oxygen atoms in total. The van der Waals surface area contributed by atoms with Crippen LogP contribution in [-0.2, 0) is 11.3 Å². The quantitative estimate of drug-likeness (QED) is 0.848. The predicted octanol–water partition coefficient (Wildman–Crippen LogP) is 3.73. The van der Waals surface area contributed by atoms with Crippen LogP contribution in [0.25, 0.3) is 0 Å². The van der Waals surface area contributed by atoms with Gasteiger partial charge in [0.25, 0.3) is 5.91 Å². The van der Waals surface area contributed by atoms with E-state index in [0.717, 1.165) is 11.3 Å². The van der Waals surface area contributed by atoms with Gasteiger partial charge < -0.3 is 15.4 Å². The third-order valence-corrected chi connectivity index (χ3v) is 3.15. The average molecular weight is 330 g/mol. The molecule has 0 aliphatic heterocycles. The highest BCUT2D eigenvalue weighted by Gasteiger charge is 2.13. The second-order valence-electron chi connectivity index (χ2n) is 6.59. The molecule has 0 aromatic heterocycles. The van der Waals surface area contributed by atoms with E-state index in [1.807, 2.05) is 45.0 Å². The van der Waals surface area contributed by atoms with E-state index in [9.17, 15) is 9.18 Å². The number of hydrogen-bond acceptors (Lipinski definition) is 3. The third kappa shape index (κ3) is 6.28. The summed E-state index contributed by atoms with van der Waals surface area (Å²) >= 11 is 0. The van der Waals surface area contributed by atoms with Gasteiger partial charge in [0, 0.05) is 17.8 Å². The van der Waals surface area contributed by atoms with Crippen LogP contribution in [0.5, 0.6) is 5.75 Å². The number of anilines is 1. The van der Waals surface area contributed by atoms with Crippen molar-refractivity contribution in [2.24, 2.45) is 0 Å². The fourth-order valence-electron chi connectivity index (χ4n) is 2.08. The van der Waals surface area contributed by atoms with Crippen LogP contribution in [0.4, 0.5) is 10.1 Å². The molecule has 1 amide bonds. The van der Waals surface area contributed by atoms with Crippen molar-refractivity contribution in [1.82, 2.24) is 5.32 Å². The molecule has 0 atom stereocenters. The van der Waals surface area contributed by atoms with Crippen molar-refractivity contribution in [3.63, 3.8) is 0 Å². The number of rotatable bonds is 6. The molecule has 24 heavy (non-hydrogen) atoms. The Kier molecular flexibility index (Phi) is 5.79.